The lowest BCUT2D eigenvalue weighted by Gasteiger charge is -2.35. The first kappa shape index (κ1) is 18.9. The molecule has 2 aromatic heterocycles. The average molecular weight is 398 g/mol. The highest BCUT2D eigenvalue weighted by atomic mass is 16.5. The molecule has 0 radical (unpaired) electrons. The standard InChI is InChI=1S/C22H31N5O2/c1-12(2)27-19(21-16-8-26(9-17(16)21)15-10-28-11-15)6-18(25-27)14-5-20(29-13(3)4)22(23)24-7-14/h5-7,12-13,15-17,21H,8-11H2,1-4H3,(H2,23,24)/t16-,17+,21+. The number of aromatic nitrogens is 3. The number of pyridine rings is 1. The van der Waals surface area contributed by atoms with Crippen LogP contribution in [0.4, 0.5) is 5.82 Å². The van der Waals surface area contributed by atoms with Crippen LogP contribution >= 0.6 is 0 Å². The molecular weight excluding hydrogens is 366 g/mol. The van der Waals surface area contributed by atoms with E-state index < -0.39 is 0 Å². The first-order valence-corrected chi connectivity index (χ1v) is 10.8. The van der Waals surface area contributed by atoms with E-state index >= 15 is 0 Å². The van der Waals surface area contributed by atoms with Crippen LogP contribution in [0.15, 0.2) is 18.3 Å². The summed E-state index contributed by atoms with van der Waals surface area (Å²) in [5.41, 5.74) is 9.26. The molecule has 2 aliphatic heterocycles. The number of hydrogen-bond acceptors (Lipinski definition) is 6. The van der Waals surface area contributed by atoms with E-state index in [4.69, 9.17) is 20.3 Å². The third-order valence-electron chi connectivity index (χ3n) is 6.49. The summed E-state index contributed by atoms with van der Waals surface area (Å²) in [6.07, 6.45) is 1.85. The predicted molar refractivity (Wildman–Crippen MR) is 112 cm³/mol. The molecule has 2 saturated heterocycles. The zero-order valence-electron chi connectivity index (χ0n) is 17.7. The number of fused-ring (bicyclic) bond motifs is 1. The van der Waals surface area contributed by atoms with Crippen molar-refractivity contribution in [3.8, 4) is 17.0 Å². The van der Waals surface area contributed by atoms with Crippen molar-refractivity contribution in [2.45, 2.75) is 51.8 Å². The normalized spacial score (nSPS) is 26.8. The van der Waals surface area contributed by atoms with Gasteiger partial charge in [0.2, 0.25) is 0 Å². The zero-order chi connectivity index (χ0) is 20.3. The molecule has 2 N–H and O–H groups in total. The maximum atomic E-state index is 6.00. The highest BCUT2D eigenvalue weighted by Gasteiger charge is 2.58. The van der Waals surface area contributed by atoms with Crippen LogP contribution in [0.25, 0.3) is 11.3 Å². The average Bonchev–Trinajstić information content (AvgIpc) is 2.96. The molecule has 3 fully saturated rings. The second kappa shape index (κ2) is 6.99. The lowest BCUT2D eigenvalue weighted by molar-refractivity contribution is -0.0610. The molecule has 3 aliphatic rings. The Morgan fingerprint density at radius 1 is 1.14 bits per heavy atom. The molecule has 4 heterocycles. The highest BCUT2D eigenvalue weighted by molar-refractivity contribution is 5.64. The molecule has 5 rings (SSSR count). The van der Waals surface area contributed by atoms with Gasteiger partial charge in [0.1, 0.15) is 0 Å². The molecule has 3 atom stereocenters. The third-order valence-corrected chi connectivity index (χ3v) is 6.49. The van der Waals surface area contributed by atoms with E-state index in [9.17, 15) is 0 Å². The van der Waals surface area contributed by atoms with E-state index in [-0.39, 0.29) is 6.10 Å². The van der Waals surface area contributed by atoms with Crippen LogP contribution in [0.5, 0.6) is 5.75 Å². The molecule has 0 bridgehead atoms. The Balaban J connectivity index is 1.40. The molecule has 7 nitrogen and oxygen atoms in total. The summed E-state index contributed by atoms with van der Waals surface area (Å²) in [6, 6.07) is 5.19. The molecular formula is C22H31N5O2. The number of nitrogens with zero attached hydrogens (tertiary/aromatic N) is 4. The minimum atomic E-state index is 0.0491. The van der Waals surface area contributed by atoms with Gasteiger partial charge in [-0.2, -0.15) is 5.10 Å². The monoisotopic (exact) mass is 397 g/mol. The van der Waals surface area contributed by atoms with Gasteiger partial charge in [-0.25, -0.2) is 4.98 Å². The first-order valence-electron chi connectivity index (χ1n) is 10.8. The second-order valence-corrected chi connectivity index (χ2v) is 9.27. The lowest BCUT2D eigenvalue weighted by atomic mass is 10.1. The van der Waals surface area contributed by atoms with Crippen LogP contribution in [0.2, 0.25) is 0 Å². The van der Waals surface area contributed by atoms with Crippen molar-refractivity contribution in [2.24, 2.45) is 11.8 Å². The number of piperidine rings is 1. The van der Waals surface area contributed by atoms with Crippen molar-refractivity contribution in [2.75, 3.05) is 32.0 Å². The number of hydrogen-bond donors (Lipinski definition) is 1. The fourth-order valence-corrected chi connectivity index (χ4v) is 4.89. The minimum Gasteiger partial charge on any atom is -0.487 e. The Kier molecular flexibility index (Phi) is 4.55. The fourth-order valence-electron chi connectivity index (χ4n) is 4.89. The van der Waals surface area contributed by atoms with Gasteiger partial charge < -0.3 is 15.2 Å². The van der Waals surface area contributed by atoms with Crippen LogP contribution < -0.4 is 10.5 Å². The van der Waals surface area contributed by atoms with Crippen LogP contribution in [0.3, 0.4) is 0 Å². The van der Waals surface area contributed by atoms with E-state index in [2.05, 4.69) is 34.5 Å². The topological polar surface area (TPSA) is 78.4 Å². The molecule has 2 aromatic rings. The van der Waals surface area contributed by atoms with Crippen molar-refractivity contribution < 1.29 is 9.47 Å². The Labute approximate surface area is 172 Å². The third kappa shape index (κ3) is 3.30. The van der Waals surface area contributed by atoms with E-state index in [0.717, 1.165) is 36.3 Å². The van der Waals surface area contributed by atoms with Gasteiger partial charge in [-0.05, 0) is 51.7 Å². The highest BCUT2D eigenvalue weighted by Crippen LogP contribution is 2.59. The molecule has 29 heavy (non-hydrogen) atoms. The summed E-state index contributed by atoms with van der Waals surface area (Å²) >= 11 is 0. The molecule has 0 amide bonds. The Bertz CT molecular complexity index is 893. The van der Waals surface area contributed by atoms with E-state index in [1.165, 1.54) is 18.8 Å². The van der Waals surface area contributed by atoms with Crippen LogP contribution in [0.1, 0.15) is 45.3 Å². The van der Waals surface area contributed by atoms with Crippen molar-refractivity contribution in [1.29, 1.82) is 0 Å². The van der Waals surface area contributed by atoms with Gasteiger partial charge >= 0.3 is 0 Å². The van der Waals surface area contributed by atoms with Gasteiger partial charge in [-0.3, -0.25) is 9.58 Å². The number of ether oxygens (including phenoxy) is 2. The van der Waals surface area contributed by atoms with Crippen molar-refractivity contribution in [1.82, 2.24) is 19.7 Å². The number of nitrogen functional groups attached to an aromatic ring is 1. The van der Waals surface area contributed by atoms with Crippen molar-refractivity contribution >= 4 is 5.82 Å². The maximum absolute atomic E-state index is 6.00. The van der Waals surface area contributed by atoms with E-state index in [1.54, 1.807) is 6.20 Å². The van der Waals surface area contributed by atoms with Gasteiger partial charge in [0.15, 0.2) is 11.6 Å². The summed E-state index contributed by atoms with van der Waals surface area (Å²) in [5.74, 6) is 3.16. The molecule has 0 spiro atoms. The zero-order valence-corrected chi connectivity index (χ0v) is 17.7. The summed E-state index contributed by atoms with van der Waals surface area (Å²) in [5, 5.41) is 4.95. The van der Waals surface area contributed by atoms with Crippen molar-refractivity contribution in [3.05, 3.63) is 24.0 Å². The first-order chi connectivity index (χ1) is 13.9. The largest absolute Gasteiger partial charge is 0.487 e. The van der Waals surface area contributed by atoms with E-state index in [1.807, 2.05) is 19.9 Å². The van der Waals surface area contributed by atoms with Crippen LogP contribution in [-0.4, -0.2) is 58.1 Å². The lowest BCUT2D eigenvalue weighted by Crippen LogP contribution is -2.48. The van der Waals surface area contributed by atoms with Gasteiger partial charge in [-0.15, -0.1) is 0 Å². The molecule has 0 aromatic carbocycles. The molecule has 0 unspecified atom stereocenters. The van der Waals surface area contributed by atoms with Crippen LogP contribution in [0, 0.1) is 11.8 Å². The minimum absolute atomic E-state index is 0.0491. The number of nitrogens with two attached hydrogens (primary N) is 1. The second-order valence-electron chi connectivity index (χ2n) is 9.27. The van der Waals surface area contributed by atoms with Gasteiger partial charge in [0, 0.05) is 42.5 Å². The molecule has 7 heteroatoms. The number of anilines is 1. The summed E-state index contributed by atoms with van der Waals surface area (Å²) in [4.78, 5) is 6.96. The van der Waals surface area contributed by atoms with Gasteiger partial charge in [-0.1, -0.05) is 0 Å². The molecule has 1 saturated carbocycles. The summed E-state index contributed by atoms with van der Waals surface area (Å²) in [7, 11) is 0. The smallest absolute Gasteiger partial charge is 0.166 e. The van der Waals surface area contributed by atoms with E-state index in [0.29, 0.717) is 29.6 Å². The molecule has 156 valence electrons. The van der Waals surface area contributed by atoms with Gasteiger partial charge in [0.05, 0.1) is 31.1 Å². The maximum Gasteiger partial charge on any atom is 0.166 e. The van der Waals surface area contributed by atoms with Gasteiger partial charge in [0.25, 0.3) is 0 Å². The molecule has 1 aliphatic carbocycles. The van der Waals surface area contributed by atoms with Crippen molar-refractivity contribution in [3.63, 3.8) is 0 Å². The Morgan fingerprint density at radius 3 is 2.45 bits per heavy atom. The number of rotatable bonds is 6. The summed E-state index contributed by atoms with van der Waals surface area (Å²) < 4.78 is 13.4. The summed E-state index contributed by atoms with van der Waals surface area (Å²) in [6.45, 7) is 12.6. The SMILES string of the molecule is CC(C)Oc1cc(-c2cc([C@H]3[C@@H]4CN(C5COC5)C[C@@H]43)n(C(C)C)n2)cnc1N. The Morgan fingerprint density at radius 2 is 1.86 bits per heavy atom. The number of likely N-dealkylation sites (tertiary alicyclic amines) is 1. The van der Waals surface area contributed by atoms with Crippen LogP contribution in [-0.2, 0) is 4.74 Å². The predicted octanol–water partition coefficient (Wildman–Crippen LogP) is 2.94. The fraction of sp³-hybridized carbons (Fsp3) is 0.636. The Hall–Kier alpha value is -2.12. The quantitative estimate of drug-likeness (QED) is 0.807.